The number of benzene rings is 1. The van der Waals surface area contributed by atoms with Crippen LogP contribution < -0.4 is 10.2 Å². The van der Waals surface area contributed by atoms with E-state index >= 15 is 0 Å². The van der Waals surface area contributed by atoms with E-state index in [0.717, 1.165) is 29.6 Å². The van der Waals surface area contributed by atoms with Crippen molar-refractivity contribution in [2.24, 2.45) is 7.05 Å². The van der Waals surface area contributed by atoms with Gasteiger partial charge in [-0.25, -0.2) is 0 Å². The van der Waals surface area contributed by atoms with Gasteiger partial charge in [0.1, 0.15) is 5.75 Å². The Hall–Kier alpha value is -2.67. The number of hydrogen-bond acceptors (Lipinski definition) is 6. The van der Waals surface area contributed by atoms with Gasteiger partial charge in [0.05, 0.1) is 11.2 Å². The van der Waals surface area contributed by atoms with Crippen molar-refractivity contribution in [2.75, 3.05) is 11.9 Å². The fourth-order valence-corrected chi connectivity index (χ4v) is 4.78. The number of fused-ring (bicyclic) bond motifs is 1. The Bertz CT molecular complexity index is 1020. The van der Waals surface area contributed by atoms with Crippen LogP contribution in [-0.4, -0.2) is 49.3 Å². The molecule has 1 aliphatic heterocycles. The van der Waals surface area contributed by atoms with E-state index in [9.17, 15) is 5.11 Å². The first kappa shape index (κ1) is 19.6. The number of nitrogens with one attached hydrogen (secondary N) is 1. The largest absolute Gasteiger partial charge is 0.507 e. The summed E-state index contributed by atoms with van der Waals surface area (Å²) in [7, 11) is 3.95. The van der Waals surface area contributed by atoms with Gasteiger partial charge >= 0.3 is 0 Å². The van der Waals surface area contributed by atoms with E-state index in [0.29, 0.717) is 17.3 Å². The molecular formula is C22H30N6O. The number of aromatic hydroxyl groups is 1. The number of hydrogen-bond donors (Lipinski definition) is 2. The molecule has 3 heterocycles. The van der Waals surface area contributed by atoms with Gasteiger partial charge in [-0.2, -0.15) is 5.10 Å². The summed E-state index contributed by atoms with van der Waals surface area (Å²) >= 11 is 0. The Labute approximate surface area is 171 Å². The average Bonchev–Trinajstić information content (AvgIpc) is 2.97. The lowest BCUT2D eigenvalue weighted by Crippen LogP contribution is -2.62. The van der Waals surface area contributed by atoms with Crippen molar-refractivity contribution in [3.8, 4) is 17.0 Å². The molecule has 0 amide bonds. The van der Waals surface area contributed by atoms with E-state index in [1.807, 2.05) is 31.4 Å². The second-order valence-electron chi connectivity index (χ2n) is 9.57. The number of anilines is 1. The number of piperidine rings is 1. The lowest BCUT2D eigenvalue weighted by atomic mass is 9.79. The first-order valence-electron chi connectivity index (χ1n) is 10.1. The molecule has 0 aliphatic carbocycles. The minimum Gasteiger partial charge on any atom is -0.507 e. The molecule has 7 nitrogen and oxygen atoms in total. The molecule has 29 heavy (non-hydrogen) atoms. The molecule has 0 spiro atoms. The second kappa shape index (κ2) is 6.69. The van der Waals surface area contributed by atoms with Crippen LogP contribution in [0.25, 0.3) is 22.2 Å². The van der Waals surface area contributed by atoms with Crippen LogP contribution >= 0.6 is 0 Å². The van der Waals surface area contributed by atoms with Crippen LogP contribution in [0.5, 0.6) is 5.75 Å². The molecule has 3 aromatic rings. The summed E-state index contributed by atoms with van der Waals surface area (Å²) in [6.45, 7) is 9.00. The van der Waals surface area contributed by atoms with Crippen LogP contribution in [0.2, 0.25) is 0 Å². The highest BCUT2D eigenvalue weighted by Crippen LogP contribution is 2.34. The monoisotopic (exact) mass is 394 g/mol. The molecule has 4 rings (SSSR count). The van der Waals surface area contributed by atoms with Gasteiger partial charge in [-0.1, -0.05) is 0 Å². The summed E-state index contributed by atoms with van der Waals surface area (Å²) in [5, 5.41) is 28.3. The smallest absolute Gasteiger partial charge is 0.151 e. The summed E-state index contributed by atoms with van der Waals surface area (Å²) in [6.07, 6.45) is 4.00. The highest BCUT2D eigenvalue weighted by molar-refractivity contribution is 5.87. The van der Waals surface area contributed by atoms with Crippen molar-refractivity contribution >= 4 is 16.7 Å². The Morgan fingerprint density at radius 1 is 1.10 bits per heavy atom. The van der Waals surface area contributed by atoms with Crippen LogP contribution in [-0.2, 0) is 7.05 Å². The fraction of sp³-hybridized carbons (Fsp3) is 0.500. The summed E-state index contributed by atoms with van der Waals surface area (Å²) < 4.78 is 1.74. The van der Waals surface area contributed by atoms with Crippen LogP contribution in [0, 0.1) is 0 Å². The van der Waals surface area contributed by atoms with Gasteiger partial charge in [-0.05, 0) is 58.7 Å². The van der Waals surface area contributed by atoms with E-state index in [-0.39, 0.29) is 16.8 Å². The van der Waals surface area contributed by atoms with E-state index < -0.39 is 0 Å². The normalized spacial score (nSPS) is 18.8. The van der Waals surface area contributed by atoms with Gasteiger partial charge in [-0.15, -0.1) is 10.2 Å². The Kier molecular flexibility index (Phi) is 4.53. The maximum atomic E-state index is 10.4. The SMILES string of the molecule is CN(c1ccc(-c2cc3cn(C)nc3cc2O)nn1)C1CC(C)(C)NC(C)(C)C1. The molecule has 7 heteroatoms. The van der Waals surface area contributed by atoms with Crippen molar-refractivity contribution < 1.29 is 5.11 Å². The molecule has 0 bridgehead atoms. The average molecular weight is 395 g/mol. The van der Waals surface area contributed by atoms with E-state index in [2.05, 4.69) is 60.3 Å². The maximum Gasteiger partial charge on any atom is 0.151 e. The summed E-state index contributed by atoms with van der Waals surface area (Å²) in [6, 6.07) is 7.86. The molecule has 1 aromatic carbocycles. The third kappa shape index (κ3) is 3.92. The highest BCUT2D eigenvalue weighted by Gasteiger charge is 2.39. The summed E-state index contributed by atoms with van der Waals surface area (Å²) in [5.74, 6) is 1.00. The molecule has 1 saturated heterocycles. The molecule has 0 saturated carbocycles. The van der Waals surface area contributed by atoms with Crippen LogP contribution in [0.4, 0.5) is 5.82 Å². The number of nitrogens with zero attached hydrogens (tertiary/aromatic N) is 5. The number of aryl methyl sites for hydroxylation is 1. The standard InChI is InChI=1S/C22H30N6O/c1-21(2)11-15(12-22(3,4)26-21)28(6)20-8-7-17(23-24-20)16-9-14-13-27(5)25-18(14)10-19(16)29/h7-10,13,15,26,29H,11-12H2,1-6H3. The predicted molar refractivity (Wildman–Crippen MR) is 116 cm³/mol. The van der Waals surface area contributed by atoms with Crippen molar-refractivity contribution in [3.05, 3.63) is 30.5 Å². The van der Waals surface area contributed by atoms with Gasteiger partial charge in [0.2, 0.25) is 0 Å². The maximum absolute atomic E-state index is 10.4. The van der Waals surface area contributed by atoms with Gasteiger partial charge in [0.25, 0.3) is 0 Å². The van der Waals surface area contributed by atoms with Crippen molar-refractivity contribution in [1.82, 2.24) is 25.3 Å². The predicted octanol–water partition coefficient (Wildman–Crippen LogP) is 3.48. The molecule has 1 aliphatic rings. The third-order valence-corrected chi connectivity index (χ3v) is 5.74. The third-order valence-electron chi connectivity index (χ3n) is 5.74. The van der Waals surface area contributed by atoms with Crippen LogP contribution in [0.15, 0.2) is 30.5 Å². The highest BCUT2D eigenvalue weighted by atomic mass is 16.3. The zero-order valence-electron chi connectivity index (χ0n) is 18.1. The Balaban J connectivity index is 1.60. The van der Waals surface area contributed by atoms with Crippen LogP contribution in [0.3, 0.4) is 0 Å². The number of aromatic nitrogens is 4. The van der Waals surface area contributed by atoms with Gasteiger partial charge < -0.3 is 15.3 Å². The number of phenolic OH excluding ortho intramolecular Hbond substituents is 1. The first-order chi connectivity index (χ1) is 13.5. The fourth-order valence-electron chi connectivity index (χ4n) is 4.78. The second-order valence-corrected chi connectivity index (χ2v) is 9.57. The summed E-state index contributed by atoms with van der Waals surface area (Å²) in [4.78, 5) is 2.23. The van der Waals surface area contributed by atoms with E-state index in [4.69, 9.17) is 0 Å². The summed E-state index contributed by atoms with van der Waals surface area (Å²) in [5.41, 5.74) is 2.21. The Morgan fingerprint density at radius 3 is 2.41 bits per heavy atom. The van der Waals surface area contributed by atoms with Crippen molar-refractivity contribution in [2.45, 2.75) is 57.7 Å². The van der Waals surface area contributed by atoms with Gasteiger partial charge in [0.15, 0.2) is 5.82 Å². The minimum atomic E-state index is 0.0684. The lowest BCUT2D eigenvalue weighted by molar-refractivity contribution is 0.160. The molecular weight excluding hydrogens is 364 g/mol. The first-order valence-corrected chi connectivity index (χ1v) is 10.1. The zero-order valence-corrected chi connectivity index (χ0v) is 18.1. The van der Waals surface area contributed by atoms with Gasteiger partial charge in [-0.3, -0.25) is 4.68 Å². The Morgan fingerprint density at radius 2 is 1.79 bits per heavy atom. The van der Waals surface area contributed by atoms with E-state index in [1.165, 1.54) is 0 Å². The quantitative estimate of drug-likeness (QED) is 0.708. The number of phenols is 1. The molecule has 0 unspecified atom stereocenters. The topological polar surface area (TPSA) is 79.1 Å². The molecule has 2 N–H and O–H groups in total. The lowest BCUT2D eigenvalue weighted by Gasteiger charge is -2.49. The van der Waals surface area contributed by atoms with Crippen molar-refractivity contribution in [1.29, 1.82) is 0 Å². The number of rotatable bonds is 3. The van der Waals surface area contributed by atoms with Crippen LogP contribution in [0.1, 0.15) is 40.5 Å². The van der Waals surface area contributed by atoms with Gasteiger partial charge in [0, 0.05) is 54.4 Å². The molecule has 0 atom stereocenters. The molecule has 0 radical (unpaired) electrons. The van der Waals surface area contributed by atoms with E-state index in [1.54, 1.807) is 10.7 Å². The molecule has 2 aromatic heterocycles. The zero-order chi connectivity index (χ0) is 21.0. The minimum absolute atomic E-state index is 0.0684. The van der Waals surface area contributed by atoms with Crippen molar-refractivity contribution in [3.63, 3.8) is 0 Å². The molecule has 1 fully saturated rings. The molecule has 154 valence electrons.